The van der Waals surface area contributed by atoms with Gasteiger partial charge in [0.15, 0.2) is 0 Å². The first-order chi connectivity index (χ1) is 8.47. The summed E-state index contributed by atoms with van der Waals surface area (Å²) in [5.74, 6) is 0.588. The van der Waals surface area contributed by atoms with Gasteiger partial charge in [0.2, 0.25) is 0 Å². The van der Waals surface area contributed by atoms with Crippen LogP contribution in [0.3, 0.4) is 0 Å². The molecule has 1 aromatic carbocycles. The third kappa shape index (κ3) is 3.72. The molecule has 1 atom stereocenters. The molecule has 0 aromatic heterocycles. The normalized spacial score (nSPS) is 12.5. The molecule has 0 aliphatic heterocycles. The fourth-order valence-corrected chi connectivity index (χ4v) is 2.33. The standard InChI is InChI=1S/C14H22N2O2/c1-5-12(6-2)11(4)15-13-7-10(3)8-14(9-13)16(17)18/h7-9,11-12,15H,5-6H2,1-4H3. The number of aryl methyl sites for hydroxylation is 1. The summed E-state index contributed by atoms with van der Waals surface area (Å²) in [6, 6.07) is 5.46. The molecule has 0 amide bonds. The Hall–Kier alpha value is -1.58. The summed E-state index contributed by atoms with van der Waals surface area (Å²) in [6.45, 7) is 8.35. The summed E-state index contributed by atoms with van der Waals surface area (Å²) in [5, 5.41) is 14.2. The van der Waals surface area contributed by atoms with Crippen LogP contribution in [0.15, 0.2) is 18.2 Å². The Labute approximate surface area is 109 Å². The van der Waals surface area contributed by atoms with E-state index in [9.17, 15) is 10.1 Å². The first kappa shape index (κ1) is 14.5. The number of anilines is 1. The van der Waals surface area contributed by atoms with Gasteiger partial charge >= 0.3 is 0 Å². The van der Waals surface area contributed by atoms with E-state index in [1.54, 1.807) is 12.1 Å². The highest BCUT2D eigenvalue weighted by Crippen LogP contribution is 2.23. The molecule has 0 aliphatic rings. The summed E-state index contributed by atoms with van der Waals surface area (Å²) in [7, 11) is 0. The molecule has 0 bridgehead atoms. The van der Waals surface area contributed by atoms with Crippen LogP contribution in [0.5, 0.6) is 0 Å². The van der Waals surface area contributed by atoms with Crippen molar-refractivity contribution in [2.45, 2.75) is 46.6 Å². The van der Waals surface area contributed by atoms with Gasteiger partial charge in [-0.2, -0.15) is 0 Å². The molecule has 0 fully saturated rings. The monoisotopic (exact) mass is 250 g/mol. The highest BCUT2D eigenvalue weighted by Gasteiger charge is 2.15. The van der Waals surface area contributed by atoms with Gasteiger partial charge in [0.1, 0.15) is 0 Å². The number of benzene rings is 1. The predicted octanol–water partition coefficient (Wildman–Crippen LogP) is 4.14. The smallest absolute Gasteiger partial charge is 0.271 e. The van der Waals surface area contributed by atoms with Gasteiger partial charge < -0.3 is 5.32 Å². The molecular formula is C14H22N2O2. The van der Waals surface area contributed by atoms with Crippen molar-refractivity contribution in [1.82, 2.24) is 0 Å². The second-order valence-corrected chi connectivity index (χ2v) is 4.82. The van der Waals surface area contributed by atoms with Crippen molar-refractivity contribution >= 4 is 11.4 Å². The van der Waals surface area contributed by atoms with Crippen molar-refractivity contribution in [3.63, 3.8) is 0 Å². The molecule has 18 heavy (non-hydrogen) atoms. The average molecular weight is 250 g/mol. The zero-order valence-electron chi connectivity index (χ0n) is 11.6. The van der Waals surface area contributed by atoms with E-state index in [2.05, 4.69) is 26.1 Å². The lowest BCUT2D eigenvalue weighted by Crippen LogP contribution is -2.25. The van der Waals surface area contributed by atoms with E-state index >= 15 is 0 Å². The molecule has 4 nitrogen and oxygen atoms in total. The predicted molar refractivity (Wildman–Crippen MR) is 75.0 cm³/mol. The van der Waals surface area contributed by atoms with Crippen LogP contribution in [0, 0.1) is 23.0 Å². The second kappa shape index (κ2) is 6.38. The maximum atomic E-state index is 10.8. The van der Waals surface area contributed by atoms with Gasteiger partial charge in [-0.1, -0.05) is 26.7 Å². The van der Waals surface area contributed by atoms with Gasteiger partial charge in [0.05, 0.1) is 4.92 Å². The van der Waals surface area contributed by atoms with Crippen LogP contribution in [-0.2, 0) is 0 Å². The first-order valence-electron chi connectivity index (χ1n) is 6.50. The Kier molecular flexibility index (Phi) is 5.13. The van der Waals surface area contributed by atoms with Crippen molar-refractivity contribution in [3.05, 3.63) is 33.9 Å². The minimum absolute atomic E-state index is 0.147. The van der Waals surface area contributed by atoms with Gasteiger partial charge in [-0.15, -0.1) is 0 Å². The molecule has 1 aromatic rings. The van der Waals surface area contributed by atoms with E-state index in [-0.39, 0.29) is 10.6 Å². The highest BCUT2D eigenvalue weighted by molar-refractivity contribution is 5.54. The molecule has 0 saturated carbocycles. The number of hydrogen-bond acceptors (Lipinski definition) is 3. The van der Waals surface area contributed by atoms with E-state index < -0.39 is 0 Å². The second-order valence-electron chi connectivity index (χ2n) is 4.82. The van der Waals surface area contributed by atoms with Crippen molar-refractivity contribution in [3.8, 4) is 0 Å². The SMILES string of the molecule is CCC(CC)C(C)Nc1cc(C)cc([N+](=O)[O-])c1. The minimum Gasteiger partial charge on any atom is -0.382 e. The van der Waals surface area contributed by atoms with E-state index in [0.717, 1.165) is 24.1 Å². The van der Waals surface area contributed by atoms with Crippen LogP contribution >= 0.6 is 0 Å². The van der Waals surface area contributed by atoms with E-state index in [1.807, 2.05) is 13.0 Å². The summed E-state index contributed by atoms with van der Waals surface area (Å²) in [6.07, 6.45) is 2.22. The summed E-state index contributed by atoms with van der Waals surface area (Å²) in [5.41, 5.74) is 1.89. The number of rotatable bonds is 6. The van der Waals surface area contributed by atoms with Crippen LogP contribution in [0.1, 0.15) is 39.2 Å². The van der Waals surface area contributed by atoms with Crippen molar-refractivity contribution in [2.24, 2.45) is 5.92 Å². The minimum atomic E-state index is -0.347. The van der Waals surface area contributed by atoms with Gasteiger partial charge in [0, 0.05) is 23.9 Å². The zero-order chi connectivity index (χ0) is 13.7. The number of non-ortho nitro benzene ring substituents is 1. The number of nitrogens with zero attached hydrogens (tertiary/aromatic N) is 1. The highest BCUT2D eigenvalue weighted by atomic mass is 16.6. The number of nitrogens with one attached hydrogen (secondary N) is 1. The van der Waals surface area contributed by atoms with Gasteiger partial charge in [-0.05, 0) is 31.4 Å². The maximum Gasteiger partial charge on any atom is 0.271 e. The zero-order valence-corrected chi connectivity index (χ0v) is 11.6. The molecule has 1 rings (SSSR count). The Bertz CT molecular complexity index is 414. The Balaban J connectivity index is 2.87. The lowest BCUT2D eigenvalue weighted by molar-refractivity contribution is -0.384. The molecular weight excluding hydrogens is 228 g/mol. The van der Waals surface area contributed by atoms with E-state index in [1.165, 1.54) is 0 Å². The van der Waals surface area contributed by atoms with Gasteiger partial charge in [0.25, 0.3) is 5.69 Å². The molecule has 0 aliphatic carbocycles. The molecule has 0 radical (unpaired) electrons. The summed E-state index contributed by atoms with van der Waals surface area (Å²) >= 11 is 0. The summed E-state index contributed by atoms with van der Waals surface area (Å²) in [4.78, 5) is 10.5. The third-order valence-electron chi connectivity index (χ3n) is 3.42. The number of nitro benzene ring substituents is 1. The maximum absolute atomic E-state index is 10.8. The fraction of sp³-hybridized carbons (Fsp3) is 0.571. The van der Waals surface area contributed by atoms with Crippen molar-refractivity contribution in [2.75, 3.05) is 5.32 Å². The largest absolute Gasteiger partial charge is 0.382 e. The number of nitro groups is 1. The Morgan fingerprint density at radius 3 is 2.39 bits per heavy atom. The molecule has 1 unspecified atom stereocenters. The summed E-state index contributed by atoms with van der Waals surface area (Å²) < 4.78 is 0. The molecule has 0 saturated heterocycles. The fourth-order valence-electron chi connectivity index (χ4n) is 2.33. The van der Waals surface area contributed by atoms with Gasteiger partial charge in [-0.25, -0.2) is 0 Å². The van der Waals surface area contributed by atoms with Crippen LogP contribution in [-0.4, -0.2) is 11.0 Å². The van der Waals surface area contributed by atoms with Crippen LogP contribution in [0.2, 0.25) is 0 Å². The first-order valence-corrected chi connectivity index (χ1v) is 6.50. The Morgan fingerprint density at radius 2 is 1.89 bits per heavy atom. The Morgan fingerprint density at radius 1 is 1.28 bits per heavy atom. The van der Waals surface area contributed by atoms with Crippen LogP contribution in [0.25, 0.3) is 0 Å². The molecule has 4 heteroatoms. The quantitative estimate of drug-likeness (QED) is 0.609. The number of hydrogen-bond donors (Lipinski definition) is 1. The average Bonchev–Trinajstić information content (AvgIpc) is 2.29. The van der Waals surface area contributed by atoms with E-state index in [0.29, 0.717) is 12.0 Å². The lowest BCUT2D eigenvalue weighted by atomic mass is 9.95. The topological polar surface area (TPSA) is 55.2 Å². The molecule has 0 spiro atoms. The van der Waals surface area contributed by atoms with Gasteiger partial charge in [-0.3, -0.25) is 10.1 Å². The molecule has 100 valence electrons. The van der Waals surface area contributed by atoms with E-state index in [4.69, 9.17) is 0 Å². The van der Waals surface area contributed by atoms with Crippen LogP contribution < -0.4 is 5.32 Å². The van der Waals surface area contributed by atoms with Crippen LogP contribution in [0.4, 0.5) is 11.4 Å². The molecule has 1 N–H and O–H groups in total. The molecule has 0 heterocycles. The third-order valence-corrected chi connectivity index (χ3v) is 3.42. The van der Waals surface area contributed by atoms with Crippen molar-refractivity contribution in [1.29, 1.82) is 0 Å². The van der Waals surface area contributed by atoms with Crippen molar-refractivity contribution < 1.29 is 4.92 Å². The lowest BCUT2D eigenvalue weighted by Gasteiger charge is -2.23.